The molecule has 0 radical (unpaired) electrons. The lowest BCUT2D eigenvalue weighted by Gasteiger charge is -2.24. The quantitative estimate of drug-likeness (QED) is 0.200. The third kappa shape index (κ3) is 6.58. The number of hydrogen-bond acceptors (Lipinski definition) is 8. The van der Waals surface area contributed by atoms with Crippen LogP contribution in [0.15, 0.2) is 79.0 Å². The second kappa shape index (κ2) is 11.5. The number of nitrogens with zero attached hydrogens (tertiary/aromatic N) is 4. The van der Waals surface area contributed by atoms with Gasteiger partial charge in [-0.15, -0.1) is 0 Å². The van der Waals surface area contributed by atoms with Crippen molar-refractivity contribution in [3.63, 3.8) is 0 Å². The molecule has 1 amide bonds. The number of ether oxygens (including phenoxy) is 1. The Morgan fingerprint density at radius 2 is 1.76 bits per heavy atom. The number of aromatic nitrogens is 4. The van der Waals surface area contributed by atoms with Crippen molar-refractivity contribution in [3.05, 3.63) is 84.6 Å². The first-order chi connectivity index (χ1) is 19.6. The number of carbonyl (C=O) groups is 1. The molecule has 41 heavy (non-hydrogen) atoms. The van der Waals surface area contributed by atoms with Gasteiger partial charge in [0.2, 0.25) is 12.3 Å². The van der Waals surface area contributed by atoms with Crippen molar-refractivity contribution in [2.45, 2.75) is 46.3 Å². The van der Waals surface area contributed by atoms with Crippen molar-refractivity contribution in [1.82, 2.24) is 24.8 Å². The monoisotopic (exact) mass is 551 g/mol. The van der Waals surface area contributed by atoms with Gasteiger partial charge in [0.1, 0.15) is 11.3 Å². The van der Waals surface area contributed by atoms with Gasteiger partial charge >= 0.3 is 0 Å². The molecule has 0 fully saturated rings. The zero-order valence-electron chi connectivity index (χ0n) is 23.4. The van der Waals surface area contributed by atoms with Gasteiger partial charge < -0.3 is 20.9 Å². The summed E-state index contributed by atoms with van der Waals surface area (Å²) >= 11 is 0. The number of imidazole rings is 1. The minimum atomic E-state index is -1.08. The fraction of sp³-hybridized carbons (Fsp3) is 0.226. The van der Waals surface area contributed by atoms with Gasteiger partial charge in [-0.2, -0.15) is 0 Å². The molecule has 5 N–H and O–H groups in total. The van der Waals surface area contributed by atoms with Gasteiger partial charge in [-0.1, -0.05) is 24.3 Å². The number of rotatable bonds is 8. The van der Waals surface area contributed by atoms with Gasteiger partial charge in [-0.25, -0.2) is 15.0 Å². The lowest BCUT2D eigenvalue weighted by atomic mass is 10.1. The lowest BCUT2D eigenvalue weighted by Crippen LogP contribution is -2.37. The summed E-state index contributed by atoms with van der Waals surface area (Å²) in [5, 5.41) is 15.9. The first-order valence-corrected chi connectivity index (χ1v) is 13.2. The number of aliphatic hydroxyl groups is 1. The van der Waals surface area contributed by atoms with Gasteiger partial charge in [0.25, 0.3) is 0 Å². The minimum absolute atomic E-state index is 0.125. The number of nitrogens with one attached hydrogen (secondary N) is 2. The average molecular weight is 552 g/mol. The standard InChI is InChI=1S/C31H33N7O3/c1-19(39)35-22-11-9-21(10-12-22)25-15-16-26-29(36-25)38(28(37-26)24-6-5-17-33-27(24)32)23-13-7-20(8-14-23)18-34-30(40)41-31(2,3)4/h5-17,30,34,40H,18H2,1-4H3,(H2,32,33)(H,35,39). The molecule has 0 aliphatic rings. The third-order valence-corrected chi connectivity index (χ3v) is 6.23. The SMILES string of the molecule is CC(=O)Nc1ccc(-c2ccc3nc(-c4cccnc4N)n(-c4ccc(CNC(O)OC(C)(C)C)cc4)c3n2)cc1. The summed E-state index contributed by atoms with van der Waals surface area (Å²) in [4.78, 5) is 25.5. The van der Waals surface area contributed by atoms with Crippen LogP contribution in [0, 0.1) is 0 Å². The number of nitrogen functional groups attached to an aromatic ring is 1. The van der Waals surface area contributed by atoms with E-state index in [0.29, 0.717) is 40.6 Å². The average Bonchev–Trinajstić information content (AvgIpc) is 3.30. The Balaban J connectivity index is 1.53. The van der Waals surface area contributed by atoms with Crippen LogP contribution in [0.2, 0.25) is 0 Å². The zero-order valence-corrected chi connectivity index (χ0v) is 23.4. The van der Waals surface area contributed by atoms with E-state index in [9.17, 15) is 9.90 Å². The summed E-state index contributed by atoms with van der Waals surface area (Å²) in [6.07, 6.45) is 0.564. The largest absolute Gasteiger partial charge is 0.383 e. The second-order valence-corrected chi connectivity index (χ2v) is 10.6. The van der Waals surface area contributed by atoms with Crippen molar-refractivity contribution >= 4 is 28.6 Å². The van der Waals surface area contributed by atoms with E-state index < -0.39 is 12.0 Å². The van der Waals surface area contributed by atoms with Crippen LogP contribution in [-0.4, -0.2) is 42.5 Å². The molecule has 0 saturated carbocycles. The number of nitrogens with two attached hydrogens (primary N) is 1. The highest BCUT2D eigenvalue weighted by Gasteiger charge is 2.19. The Bertz CT molecular complexity index is 1670. The Hall–Kier alpha value is -4.64. The van der Waals surface area contributed by atoms with Gasteiger partial charge in [0.15, 0.2) is 11.5 Å². The van der Waals surface area contributed by atoms with Crippen LogP contribution in [0.3, 0.4) is 0 Å². The number of pyridine rings is 2. The number of anilines is 2. The van der Waals surface area contributed by atoms with Crippen LogP contribution in [0.25, 0.3) is 39.5 Å². The van der Waals surface area contributed by atoms with E-state index in [1.54, 1.807) is 6.20 Å². The molecule has 10 heteroatoms. The van der Waals surface area contributed by atoms with Crippen molar-refractivity contribution in [2.24, 2.45) is 0 Å². The molecule has 5 aromatic rings. The number of amides is 1. The topological polar surface area (TPSA) is 140 Å². The fourth-order valence-corrected chi connectivity index (χ4v) is 4.42. The molecule has 0 aliphatic heterocycles. The van der Waals surface area contributed by atoms with Crippen molar-refractivity contribution < 1.29 is 14.6 Å². The highest BCUT2D eigenvalue weighted by Crippen LogP contribution is 2.32. The maximum atomic E-state index is 11.4. The number of carbonyl (C=O) groups excluding carboxylic acids is 1. The normalized spacial score (nSPS) is 12.4. The molecule has 1 unspecified atom stereocenters. The minimum Gasteiger partial charge on any atom is -0.383 e. The maximum absolute atomic E-state index is 11.4. The second-order valence-electron chi connectivity index (χ2n) is 10.6. The smallest absolute Gasteiger partial charge is 0.221 e. The lowest BCUT2D eigenvalue weighted by molar-refractivity contribution is -0.182. The van der Waals surface area contributed by atoms with Crippen LogP contribution in [0.5, 0.6) is 0 Å². The van der Waals surface area contributed by atoms with Gasteiger partial charge in [0, 0.05) is 36.6 Å². The van der Waals surface area contributed by atoms with E-state index in [1.807, 2.05) is 98.1 Å². The van der Waals surface area contributed by atoms with Crippen LogP contribution in [0.1, 0.15) is 33.3 Å². The summed E-state index contributed by atoms with van der Waals surface area (Å²) in [7, 11) is 0. The summed E-state index contributed by atoms with van der Waals surface area (Å²) in [5.41, 5.74) is 12.0. The van der Waals surface area contributed by atoms with Crippen molar-refractivity contribution in [2.75, 3.05) is 11.1 Å². The molecule has 0 aliphatic carbocycles. The molecular weight excluding hydrogens is 518 g/mol. The van der Waals surface area contributed by atoms with E-state index in [2.05, 4.69) is 15.6 Å². The first kappa shape index (κ1) is 27.9. The van der Waals surface area contributed by atoms with Crippen LogP contribution >= 0.6 is 0 Å². The van der Waals surface area contributed by atoms with Crippen molar-refractivity contribution in [3.8, 4) is 28.3 Å². The summed E-state index contributed by atoms with van der Waals surface area (Å²) in [6, 6.07) is 23.0. The third-order valence-electron chi connectivity index (χ3n) is 6.23. The molecule has 3 aromatic heterocycles. The molecule has 2 aromatic carbocycles. The Kier molecular flexibility index (Phi) is 7.80. The molecule has 0 saturated heterocycles. The van der Waals surface area contributed by atoms with E-state index in [4.69, 9.17) is 20.4 Å². The highest BCUT2D eigenvalue weighted by atomic mass is 16.6. The van der Waals surface area contributed by atoms with Gasteiger partial charge in [-0.3, -0.25) is 14.7 Å². The van der Waals surface area contributed by atoms with E-state index >= 15 is 0 Å². The molecule has 210 valence electrons. The predicted molar refractivity (Wildman–Crippen MR) is 160 cm³/mol. The molecular formula is C31H33N7O3. The van der Waals surface area contributed by atoms with Crippen LogP contribution in [0.4, 0.5) is 11.5 Å². The fourth-order valence-electron chi connectivity index (χ4n) is 4.42. The summed E-state index contributed by atoms with van der Waals surface area (Å²) < 4.78 is 7.49. The predicted octanol–water partition coefficient (Wildman–Crippen LogP) is 4.87. The number of fused-ring (bicyclic) bond motifs is 1. The van der Waals surface area contributed by atoms with E-state index in [0.717, 1.165) is 22.5 Å². The summed E-state index contributed by atoms with van der Waals surface area (Å²) in [5.74, 6) is 0.863. The van der Waals surface area contributed by atoms with Gasteiger partial charge in [-0.05, 0) is 74.9 Å². The zero-order chi connectivity index (χ0) is 29.1. The Morgan fingerprint density at radius 1 is 1.02 bits per heavy atom. The summed E-state index contributed by atoms with van der Waals surface area (Å²) in [6.45, 7) is 7.55. The van der Waals surface area contributed by atoms with Gasteiger partial charge in [0.05, 0.1) is 16.9 Å². The molecule has 0 bridgehead atoms. The van der Waals surface area contributed by atoms with Crippen LogP contribution in [-0.2, 0) is 16.1 Å². The van der Waals surface area contributed by atoms with Crippen molar-refractivity contribution in [1.29, 1.82) is 0 Å². The number of benzene rings is 2. The molecule has 0 spiro atoms. The first-order valence-electron chi connectivity index (χ1n) is 13.2. The Morgan fingerprint density at radius 3 is 2.41 bits per heavy atom. The van der Waals surface area contributed by atoms with Crippen LogP contribution < -0.4 is 16.4 Å². The molecule has 1 atom stereocenters. The molecule has 3 heterocycles. The Labute approximate surface area is 238 Å². The number of aliphatic hydroxyl groups excluding tert-OH is 1. The highest BCUT2D eigenvalue weighted by molar-refractivity contribution is 5.89. The maximum Gasteiger partial charge on any atom is 0.221 e. The molecule has 10 nitrogen and oxygen atoms in total. The van der Waals surface area contributed by atoms with E-state index in [1.165, 1.54) is 6.92 Å². The number of hydrogen-bond donors (Lipinski definition) is 4. The van der Waals surface area contributed by atoms with E-state index in [-0.39, 0.29) is 5.91 Å². The molecule has 5 rings (SSSR count).